The number of allylic oxidation sites excluding steroid dienone is 8. The van der Waals surface area contributed by atoms with Crippen molar-refractivity contribution in [3.63, 3.8) is 0 Å². The minimum absolute atomic E-state index is 0.0544. The van der Waals surface area contributed by atoms with Crippen LogP contribution in [0, 0.1) is 0 Å². The molecule has 2 atom stereocenters. The Balaban J connectivity index is 3.86. The molecule has 0 radical (unpaired) electrons. The Kier molecular flexibility index (Phi) is 61.5. The van der Waals surface area contributed by atoms with Crippen LogP contribution < -0.4 is 5.73 Å². The van der Waals surface area contributed by atoms with Crippen molar-refractivity contribution in [1.29, 1.82) is 0 Å². The summed E-state index contributed by atoms with van der Waals surface area (Å²) in [6.45, 7) is 3.79. The van der Waals surface area contributed by atoms with Crippen molar-refractivity contribution in [3.8, 4) is 0 Å². The molecule has 10 heteroatoms. The van der Waals surface area contributed by atoms with Gasteiger partial charge >= 0.3 is 19.8 Å². The smallest absolute Gasteiger partial charge is 0.462 e. The first-order valence-electron chi connectivity index (χ1n) is 33.1. The molecule has 3 N–H and O–H groups in total. The van der Waals surface area contributed by atoms with E-state index in [0.717, 1.165) is 44.9 Å². The SMILES string of the molecule is CCCCCCC/C=C\C/C=C\C/C=C\CCCCCCCCCCCCCCCCCCCCC(=O)OC(COC(=O)CCCCCCCCCCCCC/C=C\CCCCCCCCCC)COP(=O)(O)OCCN. The average molecular weight is 1100 g/mol. The van der Waals surface area contributed by atoms with Crippen molar-refractivity contribution in [1.82, 2.24) is 0 Å². The Morgan fingerprint density at radius 1 is 0.390 bits per heavy atom. The summed E-state index contributed by atoms with van der Waals surface area (Å²) in [4.78, 5) is 35.3. The highest BCUT2D eigenvalue weighted by Crippen LogP contribution is 2.43. The summed E-state index contributed by atoms with van der Waals surface area (Å²) in [5, 5.41) is 0. The van der Waals surface area contributed by atoms with E-state index < -0.39 is 26.5 Å². The summed E-state index contributed by atoms with van der Waals surface area (Å²) in [5.41, 5.74) is 5.40. The molecule has 452 valence electrons. The van der Waals surface area contributed by atoms with E-state index in [4.69, 9.17) is 24.3 Å². The van der Waals surface area contributed by atoms with Gasteiger partial charge in [0.2, 0.25) is 0 Å². The molecule has 0 rings (SSSR count). The fraction of sp³-hybridized carbons (Fsp3) is 0.851. The molecule has 0 saturated carbocycles. The molecule has 0 aliphatic heterocycles. The summed E-state index contributed by atoms with van der Waals surface area (Å²) in [6.07, 6.45) is 79.1. The average Bonchev–Trinajstić information content (AvgIpc) is 3.42. The van der Waals surface area contributed by atoms with E-state index in [9.17, 15) is 19.0 Å². The first-order chi connectivity index (χ1) is 37.8. The summed E-state index contributed by atoms with van der Waals surface area (Å²) in [6, 6.07) is 0. The van der Waals surface area contributed by atoms with Crippen LogP contribution in [0.1, 0.15) is 335 Å². The van der Waals surface area contributed by atoms with Crippen LogP contribution in [0.4, 0.5) is 0 Å². The van der Waals surface area contributed by atoms with Gasteiger partial charge in [0, 0.05) is 19.4 Å². The minimum atomic E-state index is -4.39. The van der Waals surface area contributed by atoms with E-state index >= 15 is 0 Å². The van der Waals surface area contributed by atoms with Crippen LogP contribution in [0.15, 0.2) is 48.6 Å². The lowest BCUT2D eigenvalue weighted by molar-refractivity contribution is -0.161. The maximum atomic E-state index is 12.7. The zero-order valence-corrected chi connectivity index (χ0v) is 51.6. The number of ether oxygens (including phenoxy) is 2. The fourth-order valence-corrected chi connectivity index (χ4v) is 10.5. The van der Waals surface area contributed by atoms with Gasteiger partial charge in [-0.15, -0.1) is 0 Å². The largest absolute Gasteiger partial charge is 0.472 e. The highest BCUT2D eigenvalue weighted by molar-refractivity contribution is 7.47. The third-order valence-corrected chi connectivity index (χ3v) is 15.7. The Morgan fingerprint density at radius 3 is 1.01 bits per heavy atom. The normalized spacial score (nSPS) is 13.2. The number of phosphoric ester groups is 1. The summed E-state index contributed by atoms with van der Waals surface area (Å²) in [5.74, 6) is -0.812. The standard InChI is InChI=1S/C67H126NO8P/c1-3-5-7-9-11-13-15-17-19-21-23-25-27-28-29-30-31-32-33-34-35-36-38-40-42-44-46-48-50-52-54-56-58-60-67(70)76-65(64-75-77(71,72)74-62-61-68)63-73-66(69)59-57-55-53-51-49-47-45-43-41-39-37-26-24-22-20-18-16-14-12-10-8-6-4-2/h15,17,21-24,27-28,65H,3-14,16,18-20,25-26,29-64,68H2,1-2H3,(H,71,72)/b17-15-,23-21-,24-22-,28-27-. The van der Waals surface area contributed by atoms with Gasteiger partial charge in [0.15, 0.2) is 6.10 Å². The minimum Gasteiger partial charge on any atom is -0.462 e. The van der Waals surface area contributed by atoms with Gasteiger partial charge in [0.05, 0.1) is 13.2 Å². The van der Waals surface area contributed by atoms with Crippen LogP contribution >= 0.6 is 7.82 Å². The highest BCUT2D eigenvalue weighted by atomic mass is 31.2. The van der Waals surface area contributed by atoms with E-state index in [-0.39, 0.29) is 38.6 Å². The van der Waals surface area contributed by atoms with Gasteiger partial charge in [-0.1, -0.05) is 294 Å². The van der Waals surface area contributed by atoms with Crippen LogP contribution in [0.2, 0.25) is 0 Å². The molecule has 2 unspecified atom stereocenters. The quantitative estimate of drug-likeness (QED) is 0.0264. The lowest BCUT2D eigenvalue weighted by Crippen LogP contribution is -2.29. The molecular formula is C67H126NO8P. The van der Waals surface area contributed by atoms with E-state index in [1.807, 2.05) is 0 Å². The van der Waals surface area contributed by atoms with Crippen molar-refractivity contribution in [2.45, 2.75) is 341 Å². The van der Waals surface area contributed by atoms with Gasteiger partial charge in [0.25, 0.3) is 0 Å². The first kappa shape index (κ1) is 75.0. The van der Waals surface area contributed by atoms with Gasteiger partial charge in [0.1, 0.15) is 6.61 Å². The van der Waals surface area contributed by atoms with Crippen molar-refractivity contribution in [2.24, 2.45) is 5.73 Å². The topological polar surface area (TPSA) is 134 Å². The molecule has 0 fully saturated rings. The third-order valence-electron chi connectivity index (χ3n) is 14.7. The molecule has 0 aromatic heterocycles. The second kappa shape index (κ2) is 63.2. The molecular weight excluding hydrogens is 978 g/mol. The molecule has 0 bridgehead atoms. The predicted molar refractivity (Wildman–Crippen MR) is 330 cm³/mol. The van der Waals surface area contributed by atoms with Crippen LogP contribution in [0.25, 0.3) is 0 Å². The van der Waals surface area contributed by atoms with Crippen LogP contribution in [0.5, 0.6) is 0 Å². The number of hydrogen-bond acceptors (Lipinski definition) is 8. The van der Waals surface area contributed by atoms with E-state index in [1.54, 1.807) is 0 Å². The fourth-order valence-electron chi connectivity index (χ4n) is 9.76. The summed E-state index contributed by atoms with van der Waals surface area (Å²) < 4.78 is 33.1. The van der Waals surface area contributed by atoms with Gasteiger partial charge < -0.3 is 20.1 Å². The molecule has 77 heavy (non-hydrogen) atoms. The molecule has 0 spiro atoms. The van der Waals surface area contributed by atoms with Crippen LogP contribution in [-0.4, -0.2) is 49.3 Å². The summed E-state index contributed by atoms with van der Waals surface area (Å²) >= 11 is 0. The number of esters is 2. The zero-order valence-electron chi connectivity index (χ0n) is 50.7. The number of hydrogen-bond donors (Lipinski definition) is 2. The van der Waals surface area contributed by atoms with Crippen LogP contribution in [-0.2, 0) is 32.7 Å². The second-order valence-electron chi connectivity index (χ2n) is 22.3. The molecule has 0 aliphatic rings. The zero-order chi connectivity index (χ0) is 55.9. The molecule has 0 aromatic carbocycles. The van der Waals surface area contributed by atoms with Crippen molar-refractivity contribution < 1.29 is 37.6 Å². The van der Waals surface area contributed by atoms with Crippen molar-refractivity contribution in [3.05, 3.63) is 48.6 Å². The van der Waals surface area contributed by atoms with E-state index in [1.165, 1.54) is 257 Å². The van der Waals surface area contributed by atoms with Crippen molar-refractivity contribution in [2.75, 3.05) is 26.4 Å². The number of carbonyl (C=O) groups is 2. The Hall–Kier alpha value is -2.03. The number of unbranched alkanes of at least 4 members (excludes halogenated alkanes) is 42. The highest BCUT2D eigenvalue weighted by Gasteiger charge is 2.26. The van der Waals surface area contributed by atoms with Gasteiger partial charge in [-0.3, -0.25) is 18.6 Å². The molecule has 0 saturated heterocycles. The van der Waals surface area contributed by atoms with Gasteiger partial charge in [-0.05, 0) is 77.0 Å². The maximum absolute atomic E-state index is 12.7. The van der Waals surface area contributed by atoms with Gasteiger partial charge in [-0.25, -0.2) is 4.57 Å². The number of rotatable bonds is 63. The Bertz CT molecular complexity index is 1400. The lowest BCUT2D eigenvalue weighted by atomic mass is 10.0. The number of carbonyl (C=O) groups excluding carboxylic acids is 2. The molecule has 0 amide bonds. The van der Waals surface area contributed by atoms with Crippen LogP contribution in [0.3, 0.4) is 0 Å². The summed E-state index contributed by atoms with van der Waals surface area (Å²) in [7, 11) is -4.39. The first-order valence-corrected chi connectivity index (χ1v) is 34.6. The molecule has 9 nitrogen and oxygen atoms in total. The lowest BCUT2D eigenvalue weighted by Gasteiger charge is -2.19. The maximum Gasteiger partial charge on any atom is 0.472 e. The number of phosphoric acid groups is 1. The molecule has 0 aliphatic carbocycles. The monoisotopic (exact) mass is 1100 g/mol. The Labute approximate surface area is 477 Å². The van der Waals surface area contributed by atoms with Crippen molar-refractivity contribution >= 4 is 19.8 Å². The predicted octanol–water partition coefficient (Wildman–Crippen LogP) is 21.3. The third kappa shape index (κ3) is 63.0. The number of nitrogens with two attached hydrogens (primary N) is 1. The van der Waals surface area contributed by atoms with E-state index in [2.05, 4.69) is 62.5 Å². The molecule has 0 aromatic rings. The van der Waals surface area contributed by atoms with Gasteiger partial charge in [-0.2, -0.15) is 0 Å². The second-order valence-corrected chi connectivity index (χ2v) is 23.8. The molecule has 0 heterocycles. The van der Waals surface area contributed by atoms with E-state index in [0.29, 0.717) is 6.42 Å². The Morgan fingerprint density at radius 2 is 0.675 bits per heavy atom.